The predicted octanol–water partition coefficient (Wildman–Crippen LogP) is 7.10. The Morgan fingerprint density at radius 2 is 1.52 bits per heavy atom. The Balaban J connectivity index is 1.54. The summed E-state index contributed by atoms with van der Waals surface area (Å²) in [5.41, 5.74) is 2.47. The number of carbonyl (C=O) groups is 3. The monoisotopic (exact) mass is 547 g/mol. The van der Waals surface area contributed by atoms with E-state index in [1.165, 1.54) is 12.1 Å². The van der Waals surface area contributed by atoms with Crippen LogP contribution in [0, 0.1) is 18.2 Å². The molecule has 0 unspecified atom stereocenters. The minimum absolute atomic E-state index is 0.244. The number of benzene rings is 4. The van der Waals surface area contributed by atoms with Crippen LogP contribution in [0.2, 0.25) is 5.02 Å². The summed E-state index contributed by atoms with van der Waals surface area (Å²) in [4.78, 5) is 45.6. The average Bonchev–Trinajstić information content (AvgIpc) is 3.39. The third kappa shape index (κ3) is 3.28. The van der Waals surface area contributed by atoms with Gasteiger partial charge in [-0.2, -0.15) is 0 Å². The fourth-order valence-corrected chi connectivity index (χ4v) is 7.01. The second-order valence-corrected chi connectivity index (χ2v) is 11.1. The zero-order valence-corrected chi connectivity index (χ0v) is 22.2. The summed E-state index contributed by atoms with van der Waals surface area (Å²) in [5, 5.41) is 0.491. The van der Waals surface area contributed by atoms with E-state index in [4.69, 9.17) is 11.6 Å². The molecule has 1 fully saturated rings. The van der Waals surface area contributed by atoms with Crippen LogP contribution >= 0.6 is 11.6 Å². The van der Waals surface area contributed by atoms with E-state index in [1.807, 2.05) is 36.1 Å². The van der Waals surface area contributed by atoms with E-state index in [0.717, 1.165) is 11.1 Å². The highest BCUT2D eigenvalue weighted by molar-refractivity contribution is 6.32. The fraction of sp³-hybridized carbons (Fsp3) is 0.147. The second-order valence-electron chi connectivity index (χ2n) is 10.7. The van der Waals surface area contributed by atoms with Crippen molar-refractivity contribution in [1.82, 2.24) is 0 Å². The van der Waals surface area contributed by atoms with Gasteiger partial charge < -0.3 is 4.90 Å². The van der Waals surface area contributed by atoms with Crippen molar-refractivity contribution in [2.45, 2.75) is 24.9 Å². The molecule has 4 aromatic carbocycles. The van der Waals surface area contributed by atoms with Crippen molar-refractivity contribution < 1.29 is 18.8 Å². The maximum absolute atomic E-state index is 14.6. The van der Waals surface area contributed by atoms with Gasteiger partial charge in [-0.15, -0.1) is 0 Å². The molecule has 3 aliphatic rings. The summed E-state index contributed by atoms with van der Waals surface area (Å²) in [6, 6.07) is 23.9. The van der Waals surface area contributed by atoms with Gasteiger partial charge in [0.25, 0.3) is 0 Å². The number of rotatable bonds is 3. The molecule has 40 heavy (non-hydrogen) atoms. The van der Waals surface area contributed by atoms with E-state index in [9.17, 15) is 18.8 Å². The lowest BCUT2D eigenvalue weighted by atomic mass is 9.64. The van der Waals surface area contributed by atoms with Crippen molar-refractivity contribution in [1.29, 1.82) is 0 Å². The summed E-state index contributed by atoms with van der Waals surface area (Å²) >= 11 is 6.14. The van der Waals surface area contributed by atoms with Crippen molar-refractivity contribution in [3.8, 4) is 0 Å². The molecule has 1 saturated heterocycles. The zero-order valence-electron chi connectivity index (χ0n) is 21.5. The quantitative estimate of drug-likeness (QED) is 0.203. The van der Waals surface area contributed by atoms with Crippen LogP contribution in [-0.2, 0) is 0 Å². The van der Waals surface area contributed by atoms with Crippen molar-refractivity contribution in [2.24, 2.45) is 5.41 Å². The first kappa shape index (κ1) is 24.7. The van der Waals surface area contributed by atoms with Crippen molar-refractivity contribution in [2.75, 3.05) is 4.90 Å². The lowest BCUT2D eigenvalue weighted by molar-refractivity contribution is 0.0666. The van der Waals surface area contributed by atoms with Crippen LogP contribution in [0.3, 0.4) is 0 Å². The first-order valence-electron chi connectivity index (χ1n) is 13.1. The van der Waals surface area contributed by atoms with Crippen molar-refractivity contribution >= 4 is 40.7 Å². The van der Waals surface area contributed by atoms with Gasteiger partial charge in [0.2, 0.25) is 0 Å². The van der Waals surface area contributed by atoms with E-state index in [-0.39, 0.29) is 17.3 Å². The minimum Gasteiger partial charge on any atom is -0.352 e. The Morgan fingerprint density at radius 1 is 0.875 bits per heavy atom. The number of hydrogen-bond donors (Lipinski definition) is 0. The van der Waals surface area contributed by atoms with E-state index in [2.05, 4.69) is 0 Å². The molecule has 4 nitrogen and oxygen atoms in total. The number of halogens is 2. The fourth-order valence-electron chi connectivity index (χ4n) is 6.88. The van der Waals surface area contributed by atoms with E-state index >= 15 is 0 Å². The van der Waals surface area contributed by atoms with Crippen LogP contribution in [0.15, 0.2) is 97.1 Å². The van der Waals surface area contributed by atoms with Gasteiger partial charge in [0, 0.05) is 38.9 Å². The van der Waals surface area contributed by atoms with E-state index < -0.39 is 29.2 Å². The normalized spacial score (nSPS) is 21.9. The minimum atomic E-state index is -1.59. The second kappa shape index (κ2) is 8.83. The smallest absolute Gasteiger partial charge is 0.185 e. The van der Waals surface area contributed by atoms with Crippen LogP contribution in [0.5, 0.6) is 0 Å². The maximum Gasteiger partial charge on any atom is 0.185 e. The molecule has 0 N–H and O–H groups in total. The zero-order chi connectivity index (χ0) is 27.8. The molecule has 7 rings (SSSR count). The first-order valence-corrected chi connectivity index (χ1v) is 13.5. The molecule has 6 heteroatoms. The number of carbonyl (C=O) groups excluding carboxylic acids is 3. The Labute approximate surface area is 235 Å². The number of fused-ring (bicyclic) bond motifs is 5. The molecule has 0 bridgehead atoms. The molecular weight excluding hydrogens is 525 g/mol. The number of Topliss-reactive ketones (excluding diaryl/α,β-unsaturated/α-hetero) is 3. The standard InChI is InChI=1S/C34H23ClFNO3/c1-19-6-8-20(9-7-19)29-30(31(38)21-10-13-23(35)14-11-21)37-27-16-15-24(36)18-22(27)12-17-28(37)34(29)32(39)25-4-2-3-5-26(25)33(34)40/h2-18,28-30H,1H3/t28-,29-,30+/m1/s1. The summed E-state index contributed by atoms with van der Waals surface area (Å²) < 4.78 is 14.3. The van der Waals surface area contributed by atoms with Crippen molar-refractivity contribution in [3.05, 3.63) is 141 Å². The molecule has 2 heterocycles. The van der Waals surface area contributed by atoms with Gasteiger partial charge in [-0.05, 0) is 55.0 Å². The van der Waals surface area contributed by atoms with Crippen LogP contribution in [0.25, 0.3) is 6.08 Å². The largest absolute Gasteiger partial charge is 0.352 e. The third-order valence-electron chi connectivity index (χ3n) is 8.60. The highest BCUT2D eigenvalue weighted by Gasteiger charge is 2.71. The molecule has 0 aromatic heterocycles. The summed E-state index contributed by atoms with van der Waals surface area (Å²) in [5.74, 6) is -2.06. The maximum atomic E-state index is 14.6. The number of hydrogen-bond acceptors (Lipinski definition) is 4. The number of anilines is 1. The highest BCUT2D eigenvalue weighted by Crippen LogP contribution is 2.61. The molecular formula is C34H23ClFNO3. The van der Waals surface area contributed by atoms with Crippen LogP contribution in [0.1, 0.15) is 53.7 Å². The molecule has 3 atom stereocenters. The van der Waals surface area contributed by atoms with Gasteiger partial charge in [0.05, 0.1) is 6.04 Å². The molecule has 196 valence electrons. The number of aryl methyl sites for hydroxylation is 1. The molecule has 2 aliphatic heterocycles. The summed E-state index contributed by atoms with van der Waals surface area (Å²) in [6.45, 7) is 1.96. The molecule has 1 spiro atoms. The average molecular weight is 548 g/mol. The summed E-state index contributed by atoms with van der Waals surface area (Å²) in [6.07, 6.45) is 3.55. The van der Waals surface area contributed by atoms with Gasteiger partial charge >= 0.3 is 0 Å². The Kier molecular flexibility index (Phi) is 5.45. The molecule has 0 saturated carbocycles. The molecule has 0 amide bonds. The molecule has 0 radical (unpaired) electrons. The highest BCUT2D eigenvalue weighted by atomic mass is 35.5. The van der Waals surface area contributed by atoms with Crippen molar-refractivity contribution in [3.63, 3.8) is 0 Å². The summed E-state index contributed by atoms with van der Waals surface area (Å²) in [7, 11) is 0. The Morgan fingerprint density at radius 3 is 2.17 bits per heavy atom. The molecule has 1 aliphatic carbocycles. The van der Waals surface area contributed by atoms with Gasteiger partial charge in [0.1, 0.15) is 17.3 Å². The van der Waals surface area contributed by atoms with Gasteiger partial charge in [0.15, 0.2) is 17.3 Å². The van der Waals surface area contributed by atoms with Crippen LogP contribution < -0.4 is 4.90 Å². The Bertz CT molecular complexity index is 1720. The first-order chi connectivity index (χ1) is 19.3. The van der Waals surface area contributed by atoms with Crippen LogP contribution in [0.4, 0.5) is 10.1 Å². The molecule has 4 aromatic rings. The lowest BCUT2D eigenvalue weighted by Gasteiger charge is -2.37. The van der Waals surface area contributed by atoms with Gasteiger partial charge in [-0.3, -0.25) is 14.4 Å². The predicted molar refractivity (Wildman–Crippen MR) is 153 cm³/mol. The SMILES string of the molecule is Cc1ccc([C@@H]2[C@@H](C(=O)c3ccc(Cl)cc3)N3c4ccc(F)cc4C=C[C@@H]3C23C(=O)c2ccccc2C3=O)cc1. The van der Waals surface area contributed by atoms with Gasteiger partial charge in [-0.1, -0.05) is 77.8 Å². The van der Waals surface area contributed by atoms with E-state index in [0.29, 0.717) is 33.0 Å². The number of ketones is 3. The van der Waals surface area contributed by atoms with Crippen LogP contribution in [-0.4, -0.2) is 29.4 Å². The Hall–Kier alpha value is -4.35. The van der Waals surface area contributed by atoms with Gasteiger partial charge in [-0.25, -0.2) is 4.39 Å². The van der Waals surface area contributed by atoms with E-state index in [1.54, 1.807) is 66.7 Å². The topological polar surface area (TPSA) is 54.5 Å². The lowest BCUT2D eigenvalue weighted by Crippen LogP contribution is -2.48. The third-order valence-corrected chi connectivity index (χ3v) is 8.85. The number of nitrogens with zero attached hydrogens (tertiary/aromatic N) is 1.